The fourth-order valence-electron chi connectivity index (χ4n) is 3.25. The Morgan fingerprint density at radius 2 is 1.81 bits per heavy atom. The first-order valence-corrected chi connectivity index (χ1v) is 10.6. The van der Waals surface area contributed by atoms with Gasteiger partial charge in [0.2, 0.25) is 0 Å². The van der Waals surface area contributed by atoms with Crippen LogP contribution in [0.3, 0.4) is 0 Å². The third kappa shape index (κ3) is 3.57. The number of benzene rings is 2. The summed E-state index contributed by atoms with van der Waals surface area (Å²) in [6.07, 6.45) is 0. The van der Waals surface area contributed by atoms with Gasteiger partial charge in [-0.05, 0) is 51.1 Å². The van der Waals surface area contributed by atoms with Gasteiger partial charge in [-0.1, -0.05) is 41.6 Å². The molecule has 2 heterocycles. The van der Waals surface area contributed by atoms with Gasteiger partial charge in [0.15, 0.2) is 10.1 Å². The van der Waals surface area contributed by atoms with Crippen molar-refractivity contribution in [1.29, 1.82) is 0 Å². The molecule has 0 amide bonds. The van der Waals surface area contributed by atoms with Gasteiger partial charge in [0, 0.05) is 22.6 Å². The first-order chi connectivity index (χ1) is 13.0. The largest absolute Gasteiger partial charge is 0.318 e. The van der Waals surface area contributed by atoms with E-state index in [0.717, 1.165) is 37.2 Å². The number of aromatic nitrogens is 2. The first-order valence-electron chi connectivity index (χ1n) is 8.80. The molecule has 0 fully saturated rings. The Morgan fingerprint density at radius 3 is 2.56 bits per heavy atom. The molecule has 27 heavy (non-hydrogen) atoms. The Morgan fingerprint density at radius 1 is 1.07 bits per heavy atom. The van der Waals surface area contributed by atoms with Crippen molar-refractivity contribution in [3.8, 4) is 5.69 Å². The average Bonchev–Trinajstić information content (AvgIpc) is 3.21. The van der Waals surface area contributed by atoms with Crippen molar-refractivity contribution in [2.75, 3.05) is 5.75 Å². The smallest absolute Gasteiger partial charge is 0.174 e. The lowest BCUT2D eigenvalue weighted by molar-refractivity contribution is 0.102. The number of carbonyl (C=O) groups excluding carboxylic acids is 1. The van der Waals surface area contributed by atoms with E-state index in [9.17, 15) is 4.79 Å². The van der Waals surface area contributed by atoms with E-state index in [1.54, 1.807) is 11.3 Å². The maximum Gasteiger partial charge on any atom is 0.174 e. The summed E-state index contributed by atoms with van der Waals surface area (Å²) in [6.45, 7) is 6.14. The van der Waals surface area contributed by atoms with Crippen molar-refractivity contribution in [2.45, 2.75) is 25.1 Å². The molecule has 2 aromatic heterocycles. The molecule has 0 aliphatic rings. The number of para-hydroxylation sites is 1. The van der Waals surface area contributed by atoms with Crippen LogP contribution >= 0.6 is 23.1 Å². The lowest BCUT2D eigenvalue weighted by atomic mass is 10.2. The number of aryl methyl sites for hydroxylation is 2. The fraction of sp³-hybridized carbons (Fsp3) is 0.182. The molecule has 2 aromatic carbocycles. The highest BCUT2D eigenvalue weighted by atomic mass is 32.2. The van der Waals surface area contributed by atoms with Crippen LogP contribution in [0.25, 0.3) is 15.9 Å². The van der Waals surface area contributed by atoms with Gasteiger partial charge in [0.1, 0.15) is 0 Å². The maximum atomic E-state index is 12.8. The number of thioether (sulfide) groups is 1. The van der Waals surface area contributed by atoms with E-state index in [1.807, 2.05) is 38.1 Å². The van der Waals surface area contributed by atoms with E-state index < -0.39 is 0 Å². The van der Waals surface area contributed by atoms with Gasteiger partial charge in [-0.15, -0.1) is 11.3 Å². The zero-order valence-corrected chi connectivity index (χ0v) is 17.2. The highest BCUT2D eigenvalue weighted by Crippen LogP contribution is 2.30. The van der Waals surface area contributed by atoms with Crippen molar-refractivity contribution >= 4 is 39.1 Å². The first kappa shape index (κ1) is 18.0. The second kappa shape index (κ2) is 7.33. The molecule has 0 saturated carbocycles. The molecule has 4 rings (SSSR count). The number of thiazole rings is 1. The Balaban J connectivity index is 1.55. The summed E-state index contributed by atoms with van der Waals surface area (Å²) in [5.41, 5.74) is 6.17. The Hall–Kier alpha value is -2.37. The van der Waals surface area contributed by atoms with Gasteiger partial charge in [-0.25, -0.2) is 4.98 Å². The van der Waals surface area contributed by atoms with Crippen LogP contribution in [0.1, 0.15) is 27.3 Å². The Bertz CT molecular complexity index is 1090. The lowest BCUT2D eigenvalue weighted by Crippen LogP contribution is -2.05. The van der Waals surface area contributed by atoms with Crippen LogP contribution in [0.4, 0.5) is 0 Å². The van der Waals surface area contributed by atoms with Crippen LogP contribution in [0.5, 0.6) is 0 Å². The molecule has 0 saturated heterocycles. The average molecular weight is 393 g/mol. The standard InChI is InChI=1S/C22H20N2OS2/c1-14-8-10-17(11-9-14)24-15(2)12-18(16(24)3)20(25)13-26-22-23-19-6-4-5-7-21(19)27-22/h4-12H,13H2,1-3H3. The molecule has 0 bridgehead atoms. The molecule has 0 aliphatic carbocycles. The molecule has 3 nitrogen and oxygen atoms in total. The molecule has 5 heteroatoms. The minimum atomic E-state index is 0.144. The van der Waals surface area contributed by atoms with Crippen LogP contribution in [0.15, 0.2) is 58.9 Å². The Labute approximate surface area is 167 Å². The SMILES string of the molecule is Cc1ccc(-n2c(C)cc(C(=O)CSc3nc4ccccc4s3)c2C)cc1. The summed E-state index contributed by atoms with van der Waals surface area (Å²) in [6, 6.07) is 18.5. The summed E-state index contributed by atoms with van der Waals surface area (Å²) >= 11 is 3.16. The normalized spacial score (nSPS) is 11.2. The van der Waals surface area contributed by atoms with Crippen LogP contribution in [-0.2, 0) is 0 Å². The molecule has 136 valence electrons. The third-order valence-corrected chi connectivity index (χ3v) is 6.80. The molecule has 0 atom stereocenters. The molecule has 0 aliphatic heterocycles. The predicted molar refractivity (Wildman–Crippen MR) is 115 cm³/mol. The second-order valence-electron chi connectivity index (χ2n) is 6.62. The number of nitrogens with zero attached hydrogens (tertiary/aromatic N) is 2. The number of fused-ring (bicyclic) bond motifs is 1. The van der Waals surface area contributed by atoms with Crippen LogP contribution in [0, 0.1) is 20.8 Å². The number of Topliss-reactive ketones (excluding diaryl/α,β-unsaturated/α-hetero) is 1. The minimum absolute atomic E-state index is 0.144. The van der Waals surface area contributed by atoms with Crippen LogP contribution in [-0.4, -0.2) is 21.1 Å². The number of carbonyl (C=O) groups is 1. The van der Waals surface area contributed by atoms with Gasteiger partial charge < -0.3 is 4.57 Å². The van der Waals surface area contributed by atoms with E-state index in [2.05, 4.69) is 46.8 Å². The second-order valence-corrected chi connectivity index (χ2v) is 8.87. The maximum absolute atomic E-state index is 12.8. The number of ketones is 1. The quantitative estimate of drug-likeness (QED) is 0.309. The fourth-order valence-corrected chi connectivity index (χ4v) is 5.21. The molecule has 0 spiro atoms. The zero-order valence-electron chi connectivity index (χ0n) is 15.5. The number of hydrogen-bond donors (Lipinski definition) is 0. The minimum Gasteiger partial charge on any atom is -0.318 e. The van der Waals surface area contributed by atoms with Gasteiger partial charge in [-0.2, -0.15) is 0 Å². The molecular weight excluding hydrogens is 372 g/mol. The summed E-state index contributed by atoms with van der Waals surface area (Å²) in [5, 5.41) is 0. The van der Waals surface area contributed by atoms with Crippen LogP contribution in [0.2, 0.25) is 0 Å². The van der Waals surface area contributed by atoms with Crippen molar-refractivity contribution in [1.82, 2.24) is 9.55 Å². The van der Waals surface area contributed by atoms with Gasteiger partial charge in [-0.3, -0.25) is 4.79 Å². The van der Waals surface area contributed by atoms with Gasteiger partial charge in [0.25, 0.3) is 0 Å². The van der Waals surface area contributed by atoms with Crippen molar-refractivity contribution in [3.63, 3.8) is 0 Å². The van der Waals surface area contributed by atoms with Gasteiger partial charge in [0.05, 0.1) is 16.0 Å². The van der Waals surface area contributed by atoms with Crippen molar-refractivity contribution in [2.24, 2.45) is 0 Å². The van der Waals surface area contributed by atoms with E-state index in [1.165, 1.54) is 17.3 Å². The third-order valence-electron chi connectivity index (χ3n) is 4.62. The number of rotatable bonds is 5. The monoisotopic (exact) mass is 392 g/mol. The summed E-state index contributed by atoms with van der Waals surface area (Å²) in [7, 11) is 0. The highest BCUT2D eigenvalue weighted by molar-refractivity contribution is 8.01. The van der Waals surface area contributed by atoms with E-state index in [-0.39, 0.29) is 5.78 Å². The summed E-state index contributed by atoms with van der Waals surface area (Å²) < 4.78 is 4.25. The number of hydrogen-bond acceptors (Lipinski definition) is 4. The summed E-state index contributed by atoms with van der Waals surface area (Å²) in [5.74, 6) is 0.545. The van der Waals surface area contributed by atoms with E-state index in [4.69, 9.17) is 0 Å². The lowest BCUT2D eigenvalue weighted by Gasteiger charge is -2.10. The molecule has 0 unspecified atom stereocenters. The predicted octanol–water partition coefficient (Wildman–Crippen LogP) is 5.99. The summed E-state index contributed by atoms with van der Waals surface area (Å²) in [4.78, 5) is 17.5. The Kier molecular flexibility index (Phi) is 4.89. The van der Waals surface area contributed by atoms with Crippen molar-refractivity contribution < 1.29 is 4.79 Å². The van der Waals surface area contributed by atoms with Crippen molar-refractivity contribution in [3.05, 3.63) is 77.1 Å². The highest BCUT2D eigenvalue weighted by Gasteiger charge is 2.17. The topological polar surface area (TPSA) is 34.9 Å². The van der Waals surface area contributed by atoms with Gasteiger partial charge >= 0.3 is 0 Å². The molecule has 0 radical (unpaired) electrons. The molecule has 0 N–H and O–H groups in total. The molecule has 4 aromatic rings. The van der Waals surface area contributed by atoms with E-state index >= 15 is 0 Å². The molecular formula is C22H20N2OS2. The zero-order chi connectivity index (χ0) is 19.0. The van der Waals surface area contributed by atoms with Crippen LogP contribution < -0.4 is 0 Å². The van der Waals surface area contributed by atoms with E-state index in [0.29, 0.717) is 5.75 Å².